The molecular weight excluding hydrogens is 190 g/mol. The molecule has 1 aliphatic rings. The highest BCUT2D eigenvalue weighted by atomic mass is 16.2. The monoisotopic (exact) mass is 203 g/mol. The lowest BCUT2D eigenvalue weighted by Crippen LogP contribution is -2.36. The van der Waals surface area contributed by atoms with Crippen LogP contribution in [0.1, 0.15) is 23.7 Å². The minimum Gasteiger partial charge on any atom is -0.355 e. The first kappa shape index (κ1) is 9.90. The van der Waals surface area contributed by atoms with Crippen LogP contribution in [0.5, 0.6) is 0 Å². The summed E-state index contributed by atoms with van der Waals surface area (Å²) in [5, 5.41) is 2.70. The van der Waals surface area contributed by atoms with E-state index in [1.165, 1.54) is 0 Å². The molecule has 0 spiro atoms. The maximum Gasteiger partial charge on any atom is 0.233 e. The molecule has 0 aliphatic carbocycles. The standard InChI is InChI=1S/C12H13NO2/c1-12(7-8-13-11(12)15)10(14)9-5-3-2-4-6-9/h2-6H,7-8H2,1H3,(H,13,15)/t12-/m1/s1. The number of ketones is 1. The molecule has 0 radical (unpaired) electrons. The van der Waals surface area contributed by atoms with Crippen molar-refractivity contribution >= 4 is 11.7 Å². The molecule has 1 atom stereocenters. The summed E-state index contributed by atoms with van der Waals surface area (Å²) in [6.07, 6.45) is 0.583. The second-order valence-electron chi connectivity index (χ2n) is 4.03. The van der Waals surface area contributed by atoms with Gasteiger partial charge in [-0.05, 0) is 13.3 Å². The van der Waals surface area contributed by atoms with Gasteiger partial charge in [0.25, 0.3) is 0 Å². The molecule has 1 N–H and O–H groups in total. The molecule has 3 nitrogen and oxygen atoms in total. The Kier molecular flexibility index (Phi) is 2.31. The lowest BCUT2D eigenvalue weighted by molar-refractivity contribution is -0.124. The lowest BCUT2D eigenvalue weighted by atomic mass is 9.81. The normalized spacial score (nSPS) is 25.0. The van der Waals surface area contributed by atoms with Crippen LogP contribution in [-0.2, 0) is 4.79 Å². The molecular formula is C12H13NO2. The summed E-state index contributed by atoms with van der Waals surface area (Å²) in [5.41, 5.74) is -0.265. The van der Waals surface area contributed by atoms with Gasteiger partial charge in [0.15, 0.2) is 5.78 Å². The fourth-order valence-corrected chi connectivity index (χ4v) is 1.86. The molecule has 1 heterocycles. The number of carbonyl (C=O) groups is 2. The number of benzene rings is 1. The van der Waals surface area contributed by atoms with Gasteiger partial charge < -0.3 is 5.32 Å². The van der Waals surface area contributed by atoms with E-state index in [-0.39, 0.29) is 11.7 Å². The third-order valence-electron chi connectivity index (χ3n) is 2.95. The Bertz CT molecular complexity index is 399. The van der Waals surface area contributed by atoms with Crippen LogP contribution in [-0.4, -0.2) is 18.2 Å². The minimum atomic E-state index is -0.874. The second-order valence-corrected chi connectivity index (χ2v) is 4.03. The SMILES string of the molecule is C[C@]1(C(=O)c2ccccc2)CCNC1=O. The zero-order valence-corrected chi connectivity index (χ0v) is 8.62. The molecule has 1 aromatic rings. The van der Waals surface area contributed by atoms with E-state index in [4.69, 9.17) is 0 Å². The Hall–Kier alpha value is -1.64. The number of rotatable bonds is 2. The van der Waals surface area contributed by atoms with Crippen molar-refractivity contribution in [2.24, 2.45) is 5.41 Å². The molecule has 1 fully saturated rings. The van der Waals surface area contributed by atoms with Crippen LogP contribution >= 0.6 is 0 Å². The van der Waals surface area contributed by atoms with Crippen molar-refractivity contribution in [3.63, 3.8) is 0 Å². The van der Waals surface area contributed by atoms with Gasteiger partial charge in [-0.3, -0.25) is 9.59 Å². The van der Waals surface area contributed by atoms with Gasteiger partial charge in [-0.25, -0.2) is 0 Å². The molecule has 0 unspecified atom stereocenters. The van der Waals surface area contributed by atoms with E-state index in [9.17, 15) is 9.59 Å². The molecule has 1 aliphatic heterocycles. The first-order valence-corrected chi connectivity index (χ1v) is 5.03. The van der Waals surface area contributed by atoms with Crippen molar-refractivity contribution in [2.75, 3.05) is 6.54 Å². The topological polar surface area (TPSA) is 46.2 Å². The minimum absolute atomic E-state index is 0.0851. The Morgan fingerprint density at radius 2 is 2.00 bits per heavy atom. The highest BCUT2D eigenvalue weighted by Crippen LogP contribution is 2.30. The molecule has 1 aromatic carbocycles. The van der Waals surface area contributed by atoms with E-state index in [0.717, 1.165) is 0 Å². The number of nitrogens with one attached hydrogen (secondary N) is 1. The summed E-state index contributed by atoms with van der Waals surface area (Å²) in [6, 6.07) is 8.97. The number of hydrogen-bond acceptors (Lipinski definition) is 2. The van der Waals surface area contributed by atoms with Gasteiger partial charge in [0.1, 0.15) is 5.41 Å². The second kappa shape index (κ2) is 3.50. The van der Waals surface area contributed by atoms with Gasteiger partial charge in [0.2, 0.25) is 5.91 Å². The maximum absolute atomic E-state index is 12.1. The van der Waals surface area contributed by atoms with E-state index in [0.29, 0.717) is 18.5 Å². The van der Waals surface area contributed by atoms with Crippen molar-refractivity contribution in [2.45, 2.75) is 13.3 Å². The number of Topliss-reactive ketones (excluding diaryl/α,β-unsaturated/α-hetero) is 1. The summed E-state index contributed by atoms with van der Waals surface area (Å²) in [7, 11) is 0. The molecule has 1 amide bonds. The van der Waals surface area contributed by atoms with Crippen LogP contribution in [0.4, 0.5) is 0 Å². The van der Waals surface area contributed by atoms with Gasteiger partial charge >= 0.3 is 0 Å². The molecule has 0 aromatic heterocycles. The largest absolute Gasteiger partial charge is 0.355 e. The van der Waals surface area contributed by atoms with Crippen molar-refractivity contribution < 1.29 is 9.59 Å². The predicted molar refractivity (Wildman–Crippen MR) is 56.5 cm³/mol. The Balaban J connectivity index is 2.33. The summed E-state index contributed by atoms with van der Waals surface area (Å²) in [5.74, 6) is -0.241. The lowest BCUT2D eigenvalue weighted by Gasteiger charge is -2.18. The Morgan fingerprint density at radius 1 is 1.33 bits per heavy atom. The van der Waals surface area contributed by atoms with E-state index < -0.39 is 5.41 Å². The molecule has 78 valence electrons. The van der Waals surface area contributed by atoms with E-state index in [2.05, 4.69) is 5.32 Å². The summed E-state index contributed by atoms with van der Waals surface area (Å²) in [4.78, 5) is 23.7. The molecule has 0 bridgehead atoms. The van der Waals surface area contributed by atoms with E-state index in [1.807, 2.05) is 18.2 Å². The molecule has 1 saturated heterocycles. The first-order valence-electron chi connectivity index (χ1n) is 5.03. The molecule has 0 saturated carbocycles. The molecule has 3 heteroatoms. The highest BCUT2D eigenvalue weighted by Gasteiger charge is 2.44. The smallest absolute Gasteiger partial charge is 0.233 e. The van der Waals surface area contributed by atoms with Crippen LogP contribution in [0, 0.1) is 5.41 Å². The van der Waals surface area contributed by atoms with Crippen molar-refractivity contribution in [3.05, 3.63) is 35.9 Å². The van der Waals surface area contributed by atoms with Crippen LogP contribution in [0.2, 0.25) is 0 Å². The average Bonchev–Trinajstić information content (AvgIpc) is 2.61. The van der Waals surface area contributed by atoms with Crippen molar-refractivity contribution in [1.29, 1.82) is 0 Å². The fraction of sp³-hybridized carbons (Fsp3) is 0.333. The Morgan fingerprint density at radius 3 is 2.53 bits per heavy atom. The maximum atomic E-state index is 12.1. The Labute approximate surface area is 88.5 Å². The van der Waals surface area contributed by atoms with Crippen LogP contribution in [0.3, 0.4) is 0 Å². The first-order chi connectivity index (χ1) is 7.14. The molecule has 2 rings (SSSR count). The van der Waals surface area contributed by atoms with Gasteiger partial charge in [-0.2, -0.15) is 0 Å². The van der Waals surface area contributed by atoms with Crippen molar-refractivity contribution in [3.8, 4) is 0 Å². The zero-order chi connectivity index (χ0) is 10.9. The highest BCUT2D eigenvalue weighted by molar-refractivity contribution is 6.14. The number of amides is 1. The third-order valence-corrected chi connectivity index (χ3v) is 2.95. The summed E-state index contributed by atoms with van der Waals surface area (Å²) in [6.45, 7) is 2.30. The van der Waals surface area contributed by atoms with Gasteiger partial charge in [0.05, 0.1) is 0 Å². The summed E-state index contributed by atoms with van der Waals surface area (Å²) >= 11 is 0. The van der Waals surface area contributed by atoms with Crippen LogP contribution < -0.4 is 5.32 Å². The number of hydrogen-bond donors (Lipinski definition) is 1. The van der Waals surface area contributed by atoms with Crippen LogP contribution in [0.25, 0.3) is 0 Å². The third kappa shape index (κ3) is 1.54. The van der Waals surface area contributed by atoms with E-state index >= 15 is 0 Å². The predicted octanol–water partition coefficient (Wildman–Crippen LogP) is 1.40. The van der Waals surface area contributed by atoms with Gasteiger partial charge in [-0.15, -0.1) is 0 Å². The van der Waals surface area contributed by atoms with Crippen LogP contribution in [0.15, 0.2) is 30.3 Å². The molecule has 15 heavy (non-hydrogen) atoms. The van der Waals surface area contributed by atoms with E-state index in [1.54, 1.807) is 19.1 Å². The zero-order valence-electron chi connectivity index (χ0n) is 8.62. The quantitative estimate of drug-likeness (QED) is 0.583. The van der Waals surface area contributed by atoms with Crippen molar-refractivity contribution in [1.82, 2.24) is 5.32 Å². The van der Waals surface area contributed by atoms with Gasteiger partial charge in [-0.1, -0.05) is 30.3 Å². The fourth-order valence-electron chi connectivity index (χ4n) is 1.86. The van der Waals surface area contributed by atoms with Gasteiger partial charge in [0, 0.05) is 12.1 Å². The number of carbonyl (C=O) groups excluding carboxylic acids is 2. The average molecular weight is 203 g/mol. The summed E-state index contributed by atoms with van der Waals surface area (Å²) < 4.78 is 0.